The van der Waals surface area contributed by atoms with Gasteiger partial charge in [-0.25, -0.2) is 56.1 Å². The summed E-state index contributed by atoms with van der Waals surface area (Å²) in [5.41, 5.74) is -0.394. The van der Waals surface area contributed by atoms with Crippen molar-refractivity contribution in [2.24, 2.45) is 22.8 Å². The van der Waals surface area contributed by atoms with Crippen LogP contribution in [0.2, 0.25) is 0 Å². The third-order valence-electron chi connectivity index (χ3n) is 17.5. The number of rotatable bonds is 15. The van der Waals surface area contributed by atoms with Crippen molar-refractivity contribution in [3.05, 3.63) is 0 Å². The molecular formula is C48H97N16P5. The van der Waals surface area contributed by atoms with Crippen molar-refractivity contribution in [1.82, 2.24) is 51.4 Å². The molecule has 69 heavy (non-hydrogen) atoms. The average Bonchev–Trinajstić information content (AvgIpc) is 4.21. The first-order valence-corrected chi connectivity index (χ1v) is 37.2. The summed E-state index contributed by atoms with van der Waals surface area (Å²) in [4.78, 5) is 0. The van der Waals surface area contributed by atoms with Crippen molar-refractivity contribution in [2.75, 3.05) is 144 Å². The van der Waals surface area contributed by atoms with Crippen molar-refractivity contribution in [3.8, 4) is 0 Å². The van der Waals surface area contributed by atoms with Crippen molar-refractivity contribution in [1.29, 1.82) is 0 Å². The molecule has 0 radical (unpaired) electrons. The Kier molecular flexibility index (Phi) is 16.8. The molecule has 394 valence electrons. The molecule has 16 nitrogen and oxygen atoms in total. The molecule has 11 rings (SSSR count). The van der Waals surface area contributed by atoms with E-state index < -0.39 is 43.1 Å². The second-order valence-corrected chi connectivity index (χ2v) is 38.2. The van der Waals surface area contributed by atoms with E-state index in [1.54, 1.807) is 0 Å². The number of hydrogen-bond donors (Lipinski definition) is 0. The fraction of sp³-hybridized carbons (Fsp3) is 1.00. The topological polar surface area (TPSA) is 97.4 Å². The van der Waals surface area contributed by atoms with E-state index in [0.29, 0.717) is 0 Å². The van der Waals surface area contributed by atoms with Crippen LogP contribution in [0.1, 0.15) is 162 Å². The van der Waals surface area contributed by atoms with Crippen LogP contribution in [0.15, 0.2) is 22.8 Å². The van der Waals surface area contributed by atoms with Crippen LogP contribution in [0.25, 0.3) is 0 Å². The molecule has 0 aliphatic carbocycles. The maximum Gasteiger partial charge on any atom is 0.307 e. The summed E-state index contributed by atoms with van der Waals surface area (Å²) in [7, 11) is -13.7. The van der Waals surface area contributed by atoms with E-state index in [4.69, 9.17) is 22.8 Å². The standard InChI is InChI=1S/C48H97N16P5/c1-48(2,3)49-65(51-67(56-30-8-9-31-56,57-32-10-11-33-57)58-34-12-13-35-58,52-68(59-36-14-15-37-59,60-38-16-17-39-60)61-40-18-19-41-61)50-66(54-26-4-5-27-54,55-28-6-7-29-55)53-69(62-42-20-21-43-62,63-44-22-23-45-63)64-46-24-25-47-64/h4-47H2,1-3H3. The molecule has 0 atom stereocenters. The smallest absolute Gasteiger partial charge is 0.245 e. The minimum absolute atomic E-state index is 0.394. The summed E-state index contributed by atoms with van der Waals surface area (Å²) >= 11 is 0. The van der Waals surface area contributed by atoms with Gasteiger partial charge in [-0.05, 0) is 162 Å². The third kappa shape index (κ3) is 10.1. The molecule has 11 fully saturated rings. The third-order valence-corrected chi connectivity index (χ3v) is 38.8. The van der Waals surface area contributed by atoms with Crippen LogP contribution in [0, 0.1) is 0 Å². The maximum absolute atomic E-state index is 7.24. The lowest BCUT2D eigenvalue weighted by Crippen LogP contribution is -2.39. The Morgan fingerprint density at radius 2 is 0.406 bits per heavy atom. The van der Waals surface area contributed by atoms with E-state index in [-0.39, 0.29) is 0 Å². The van der Waals surface area contributed by atoms with Gasteiger partial charge in [0.1, 0.15) is 0 Å². The Bertz CT molecular complexity index is 1780. The molecule has 21 heteroatoms. The Morgan fingerprint density at radius 1 is 0.232 bits per heavy atom. The molecule has 0 saturated carbocycles. The Balaban J connectivity index is 1.35. The van der Waals surface area contributed by atoms with Crippen LogP contribution in [0.5, 0.6) is 0 Å². The van der Waals surface area contributed by atoms with Gasteiger partial charge in [0.2, 0.25) is 7.51 Å². The monoisotopic (exact) mass is 1050 g/mol. The highest BCUT2D eigenvalue weighted by Crippen LogP contribution is 2.83. The fourth-order valence-electron chi connectivity index (χ4n) is 14.4. The summed E-state index contributed by atoms with van der Waals surface area (Å²) in [5, 5.41) is 0. The fourth-order valence-corrected chi connectivity index (χ4v) is 41.1. The van der Waals surface area contributed by atoms with Crippen LogP contribution in [-0.2, 0) is 0 Å². The van der Waals surface area contributed by atoms with Crippen LogP contribution >= 0.6 is 37.5 Å². The van der Waals surface area contributed by atoms with E-state index in [0.717, 1.165) is 105 Å². The lowest BCUT2D eigenvalue weighted by Gasteiger charge is -2.50. The SMILES string of the molecule is CC(C)(C)N=P(N=P(N=P(N1CCCC1)(N1CCCC1)N1CCCC1)(N1CCCC1)N1CCCC1)(N=P(N1CCCC1)(N1CCCC1)N1CCCC1)N=P(N1CCCC1)(N1CCCC1)N1CCCC1. The molecule has 0 bridgehead atoms. The number of hydrogen-bond acceptors (Lipinski definition) is 1. The Labute approximate surface area is 421 Å². The lowest BCUT2D eigenvalue weighted by atomic mass is 10.1. The van der Waals surface area contributed by atoms with E-state index in [1.165, 1.54) is 181 Å². The largest absolute Gasteiger partial charge is 0.307 e. The van der Waals surface area contributed by atoms with Gasteiger partial charge in [-0.3, -0.25) is 0 Å². The van der Waals surface area contributed by atoms with Gasteiger partial charge < -0.3 is 0 Å². The van der Waals surface area contributed by atoms with Crippen molar-refractivity contribution < 1.29 is 0 Å². The second kappa shape index (κ2) is 22.4. The van der Waals surface area contributed by atoms with Gasteiger partial charge in [0.05, 0.1) is 5.54 Å². The lowest BCUT2D eigenvalue weighted by molar-refractivity contribution is 0.383. The van der Waals surface area contributed by atoms with Crippen LogP contribution in [-0.4, -0.2) is 201 Å². The van der Waals surface area contributed by atoms with Gasteiger partial charge in [0.15, 0.2) is 22.5 Å². The van der Waals surface area contributed by atoms with Gasteiger partial charge in [-0.1, -0.05) is 0 Å². The van der Waals surface area contributed by atoms with Crippen LogP contribution < -0.4 is 0 Å². The van der Waals surface area contributed by atoms with E-state index in [2.05, 4.69) is 72.1 Å². The summed E-state index contributed by atoms with van der Waals surface area (Å²) in [6.45, 7) is 32.3. The van der Waals surface area contributed by atoms with E-state index >= 15 is 0 Å². The molecule has 0 aromatic carbocycles. The van der Waals surface area contributed by atoms with Gasteiger partial charge in [-0.2, -0.15) is 18.1 Å². The normalized spacial score (nSPS) is 28.8. The predicted octanol–water partition coefficient (Wildman–Crippen LogP) is 12.6. The minimum Gasteiger partial charge on any atom is -0.245 e. The predicted molar refractivity (Wildman–Crippen MR) is 295 cm³/mol. The minimum atomic E-state index is -3.40. The van der Waals surface area contributed by atoms with Crippen LogP contribution in [0.4, 0.5) is 0 Å². The molecule has 11 aliphatic heterocycles. The van der Waals surface area contributed by atoms with Crippen molar-refractivity contribution in [3.63, 3.8) is 0 Å². The van der Waals surface area contributed by atoms with Crippen LogP contribution in [0.3, 0.4) is 0 Å². The summed E-state index contributed by atoms with van der Waals surface area (Å²) in [6, 6.07) is 0. The molecule has 11 aliphatic rings. The second-order valence-electron chi connectivity index (χ2n) is 23.6. The molecule has 0 N–H and O–H groups in total. The summed E-state index contributed by atoms with van der Waals surface area (Å²) in [5.74, 6) is 0. The van der Waals surface area contributed by atoms with Crippen molar-refractivity contribution in [2.45, 2.75) is 168 Å². The summed E-state index contributed by atoms with van der Waals surface area (Å²) < 4.78 is 68.2. The quantitative estimate of drug-likeness (QED) is 0.147. The maximum atomic E-state index is 7.24. The first kappa shape index (κ1) is 51.8. The van der Waals surface area contributed by atoms with Gasteiger partial charge in [0.25, 0.3) is 0 Å². The molecule has 0 aromatic heterocycles. The highest BCUT2D eigenvalue weighted by molar-refractivity contribution is 7.82. The average molecular weight is 1050 g/mol. The molecule has 11 saturated heterocycles. The number of nitrogens with zero attached hydrogens (tertiary/aromatic N) is 16. The summed E-state index contributed by atoms with van der Waals surface area (Å²) in [6.07, 6.45) is 27.9. The molecule has 0 amide bonds. The molecule has 11 heterocycles. The van der Waals surface area contributed by atoms with Gasteiger partial charge >= 0.3 is 7.51 Å². The Hall–Kier alpha value is 0.710. The van der Waals surface area contributed by atoms with E-state index in [9.17, 15) is 0 Å². The van der Waals surface area contributed by atoms with Gasteiger partial charge in [0, 0.05) is 144 Å². The van der Waals surface area contributed by atoms with E-state index in [1.807, 2.05) is 0 Å². The molecular weight excluding hydrogens is 956 g/mol. The van der Waals surface area contributed by atoms with Gasteiger partial charge in [-0.15, -0.1) is 0 Å². The zero-order valence-corrected chi connectivity index (χ0v) is 48.5. The highest BCUT2D eigenvalue weighted by Gasteiger charge is 2.53. The molecule has 0 spiro atoms. The first-order chi connectivity index (χ1) is 33.7. The molecule has 0 unspecified atom stereocenters. The Morgan fingerprint density at radius 3 is 0.594 bits per heavy atom. The van der Waals surface area contributed by atoms with Crippen molar-refractivity contribution >= 4 is 37.5 Å². The first-order valence-electron chi connectivity index (χ1n) is 29.2. The molecule has 0 aromatic rings. The highest BCUT2D eigenvalue weighted by atomic mass is 31.3. The zero-order chi connectivity index (χ0) is 47.0. The zero-order valence-electron chi connectivity index (χ0n) is 44.0.